The third-order valence-corrected chi connectivity index (χ3v) is 5.02. The molecule has 0 aliphatic rings. The molecule has 0 fully saturated rings. The number of carbonyl (C=O) groups excluding carboxylic acids is 1. The zero-order chi connectivity index (χ0) is 18.3. The second-order valence-electron chi connectivity index (χ2n) is 6.74. The molecule has 0 saturated carbocycles. The molecule has 26 heavy (non-hydrogen) atoms. The number of benzene rings is 2. The SMILES string of the molecule is CCC(C(=O)OC)C(CCN(C)C)(c1ccccc1)c1ccccc1.Cl. The number of carbonyl (C=O) groups is 1. The molecule has 0 aliphatic carbocycles. The van der Waals surface area contributed by atoms with Gasteiger partial charge in [-0.15, -0.1) is 12.4 Å². The summed E-state index contributed by atoms with van der Waals surface area (Å²) in [5, 5.41) is 0. The van der Waals surface area contributed by atoms with Gasteiger partial charge in [-0.3, -0.25) is 4.79 Å². The molecule has 4 heteroatoms. The lowest BCUT2D eigenvalue weighted by molar-refractivity contribution is -0.148. The lowest BCUT2D eigenvalue weighted by Gasteiger charge is -2.41. The summed E-state index contributed by atoms with van der Waals surface area (Å²) in [5.41, 5.74) is 1.93. The monoisotopic (exact) mass is 375 g/mol. The van der Waals surface area contributed by atoms with Gasteiger partial charge in [0.1, 0.15) is 0 Å². The van der Waals surface area contributed by atoms with Gasteiger partial charge in [0, 0.05) is 5.41 Å². The van der Waals surface area contributed by atoms with Crippen molar-refractivity contribution in [1.29, 1.82) is 0 Å². The van der Waals surface area contributed by atoms with E-state index < -0.39 is 5.41 Å². The summed E-state index contributed by atoms with van der Waals surface area (Å²) in [4.78, 5) is 14.9. The molecule has 0 aromatic heterocycles. The third-order valence-electron chi connectivity index (χ3n) is 5.02. The summed E-state index contributed by atoms with van der Waals surface area (Å²) < 4.78 is 5.21. The summed E-state index contributed by atoms with van der Waals surface area (Å²) in [6.45, 7) is 2.95. The number of methoxy groups -OCH3 is 1. The minimum Gasteiger partial charge on any atom is -0.469 e. The Morgan fingerprint density at radius 3 is 1.81 bits per heavy atom. The molecular weight excluding hydrogens is 346 g/mol. The number of rotatable bonds is 8. The van der Waals surface area contributed by atoms with Gasteiger partial charge >= 0.3 is 5.97 Å². The zero-order valence-electron chi connectivity index (χ0n) is 16.1. The third kappa shape index (κ3) is 4.66. The molecule has 0 heterocycles. The number of esters is 1. The van der Waals surface area contributed by atoms with E-state index in [1.807, 2.05) is 36.4 Å². The largest absolute Gasteiger partial charge is 0.469 e. The van der Waals surface area contributed by atoms with Crippen molar-refractivity contribution in [2.45, 2.75) is 25.2 Å². The van der Waals surface area contributed by atoms with E-state index in [1.165, 1.54) is 18.2 Å². The molecule has 2 aromatic rings. The molecule has 0 radical (unpaired) electrons. The molecule has 2 rings (SSSR count). The Bertz CT molecular complexity index is 619. The molecule has 1 unspecified atom stereocenters. The van der Waals surface area contributed by atoms with Gasteiger partial charge in [-0.25, -0.2) is 0 Å². The van der Waals surface area contributed by atoms with Gasteiger partial charge in [-0.05, 0) is 44.6 Å². The van der Waals surface area contributed by atoms with Crippen LogP contribution in [0.5, 0.6) is 0 Å². The molecule has 0 spiro atoms. The van der Waals surface area contributed by atoms with Crippen LogP contribution in [0.25, 0.3) is 0 Å². The van der Waals surface area contributed by atoms with Gasteiger partial charge in [0.2, 0.25) is 0 Å². The molecule has 1 atom stereocenters. The number of hydrogen-bond acceptors (Lipinski definition) is 3. The lowest BCUT2D eigenvalue weighted by atomic mass is 9.62. The maximum absolute atomic E-state index is 12.7. The first-order chi connectivity index (χ1) is 12.1. The molecular formula is C22H30ClNO2. The van der Waals surface area contributed by atoms with E-state index in [0.717, 1.165) is 19.4 Å². The van der Waals surface area contributed by atoms with Gasteiger partial charge in [-0.2, -0.15) is 0 Å². The minimum atomic E-state index is -0.408. The Morgan fingerprint density at radius 1 is 1.00 bits per heavy atom. The van der Waals surface area contributed by atoms with Crippen LogP contribution in [0.1, 0.15) is 30.9 Å². The summed E-state index contributed by atoms with van der Waals surface area (Å²) >= 11 is 0. The Kier molecular flexibility index (Phi) is 8.83. The van der Waals surface area contributed by atoms with Gasteiger partial charge in [0.15, 0.2) is 0 Å². The second kappa shape index (κ2) is 10.3. The molecule has 0 aliphatic heterocycles. The number of nitrogens with zero attached hydrogens (tertiary/aromatic N) is 1. The summed E-state index contributed by atoms with van der Waals surface area (Å²) in [5.74, 6) is -0.379. The fourth-order valence-corrected chi connectivity index (χ4v) is 3.76. The molecule has 142 valence electrons. The predicted molar refractivity (Wildman–Crippen MR) is 110 cm³/mol. The van der Waals surface area contributed by atoms with Gasteiger partial charge < -0.3 is 9.64 Å². The van der Waals surface area contributed by atoms with Crippen molar-refractivity contribution in [1.82, 2.24) is 4.90 Å². The van der Waals surface area contributed by atoms with Crippen LogP contribution in [0.2, 0.25) is 0 Å². The van der Waals surface area contributed by atoms with Crippen molar-refractivity contribution < 1.29 is 9.53 Å². The van der Waals surface area contributed by atoms with E-state index in [0.29, 0.717) is 0 Å². The van der Waals surface area contributed by atoms with Crippen LogP contribution in [-0.2, 0) is 14.9 Å². The van der Waals surface area contributed by atoms with Crippen molar-refractivity contribution in [3.05, 3.63) is 71.8 Å². The van der Waals surface area contributed by atoms with Crippen molar-refractivity contribution >= 4 is 18.4 Å². The van der Waals surface area contributed by atoms with Crippen LogP contribution in [0.3, 0.4) is 0 Å². The summed E-state index contributed by atoms with van der Waals surface area (Å²) in [6.07, 6.45) is 1.57. The Morgan fingerprint density at radius 2 is 1.46 bits per heavy atom. The molecule has 0 saturated heterocycles. The van der Waals surface area contributed by atoms with Crippen molar-refractivity contribution in [3.63, 3.8) is 0 Å². The van der Waals surface area contributed by atoms with E-state index >= 15 is 0 Å². The van der Waals surface area contributed by atoms with Crippen molar-refractivity contribution in [2.24, 2.45) is 5.92 Å². The number of halogens is 1. The van der Waals surface area contributed by atoms with E-state index in [-0.39, 0.29) is 24.3 Å². The average Bonchev–Trinajstić information content (AvgIpc) is 2.66. The summed E-state index contributed by atoms with van der Waals surface area (Å²) in [6, 6.07) is 20.8. The highest BCUT2D eigenvalue weighted by molar-refractivity contribution is 5.85. The fourth-order valence-electron chi connectivity index (χ4n) is 3.76. The normalized spacial score (nSPS) is 12.3. The number of ether oxygens (including phenoxy) is 1. The maximum atomic E-state index is 12.7. The Hall–Kier alpha value is -1.84. The van der Waals surface area contributed by atoms with Gasteiger partial charge in [0.05, 0.1) is 13.0 Å². The number of hydrogen-bond donors (Lipinski definition) is 0. The quantitative estimate of drug-likeness (QED) is 0.634. The van der Waals surface area contributed by atoms with Crippen LogP contribution < -0.4 is 0 Å². The minimum absolute atomic E-state index is 0. The van der Waals surface area contributed by atoms with E-state index in [2.05, 4.69) is 50.2 Å². The first-order valence-electron chi connectivity index (χ1n) is 8.89. The Balaban J connectivity index is 0.00000338. The highest BCUT2D eigenvalue weighted by atomic mass is 35.5. The van der Waals surface area contributed by atoms with Crippen LogP contribution >= 0.6 is 12.4 Å². The van der Waals surface area contributed by atoms with Crippen LogP contribution in [0.15, 0.2) is 60.7 Å². The molecule has 3 nitrogen and oxygen atoms in total. The van der Waals surface area contributed by atoms with E-state index in [1.54, 1.807) is 0 Å². The molecule has 2 aromatic carbocycles. The fraction of sp³-hybridized carbons (Fsp3) is 0.409. The lowest BCUT2D eigenvalue weighted by Crippen LogP contribution is -2.43. The smallest absolute Gasteiger partial charge is 0.309 e. The molecule has 0 amide bonds. The van der Waals surface area contributed by atoms with Crippen LogP contribution in [0, 0.1) is 5.92 Å². The van der Waals surface area contributed by atoms with E-state index in [9.17, 15) is 4.79 Å². The standard InChI is InChI=1S/C22H29NO2.ClH/c1-5-20(21(24)25-4)22(16-17-23(2)3,18-12-8-6-9-13-18)19-14-10-7-11-15-19;/h6-15,20H,5,16-17H2,1-4H3;1H. The molecule has 0 bridgehead atoms. The maximum Gasteiger partial charge on any atom is 0.309 e. The van der Waals surface area contributed by atoms with Gasteiger partial charge in [0.25, 0.3) is 0 Å². The predicted octanol–water partition coefficient (Wildman–Crippen LogP) is 4.55. The molecule has 0 N–H and O–H groups in total. The first kappa shape index (κ1) is 22.2. The first-order valence-corrected chi connectivity index (χ1v) is 8.89. The Labute approximate surface area is 163 Å². The van der Waals surface area contributed by atoms with Crippen molar-refractivity contribution in [2.75, 3.05) is 27.7 Å². The topological polar surface area (TPSA) is 29.5 Å². The average molecular weight is 376 g/mol. The van der Waals surface area contributed by atoms with Crippen molar-refractivity contribution in [3.8, 4) is 0 Å². The van der Waals surface area contributed by atoms with Gasteiger partial charge in [-0.1, -0.05) is 67.6 Å². The highest BCUT2D eigenvalue weighted by Gasteiger charge is 2.45. The summed E-state index contributed by atoms with van der Waals surface area (Å²) in [7, 11) is 5.62. The highest BCUT2D eigenvalue weighted by Crippen LogP contribution is 2.44. The van der Waals surface area contributed by atoms with Crippen LogP contribution in [0.4, 0.5) is 0 Å². The zero-order valence-corrected chi connectivity index (χ0v) is 17.0. The second-order valence-corrected chi connectivity index (χ2v) is 6.74. The van der Waals surface area contributed by atoms with E-state index in [4.69, 9.17) is 4.74 Å². The van der Waals surface area contributed by atoms with Crippen LogP contribution in [-0.4, -0.2) is 38.6 Å².